The van der Waals surface area contributed by atoms with Crippen molar-refractivity contribution in [2.45, 2.75) is 20.0 Å². The van der Waals surface area contributed by atoms with Crippen molar-refractivity contribution in [3.63, 3.8) is 0 Å². The maximum atomic E-state index is 12.6. The Kier molecular flexibility index (Phi) is 4.97. The van der Waals surface area contributed by atoms with E-state index in [1.54, 1.807) is 29.9 Å². The van der Waals surface area contributed by atoms with Crippen LogP contribution in [-0.4, -0.2) is 29.3 Å². The number of imidazole rings is 1. The van der Waals surface area contributed by atoms with Gasteiger partial charge in [0.1, 0.15) is 18.0 Å². The fraction of sp³-hybridized carbons (Fsp3) is 0.263. The Bertz CT molecular complexity index is 1000. The Morgan fingerprint density at radius 2 is 1.73 bits per heavy atom. The van der Waals surface area contributed by atoms with Gasteiger partial charge >= 0.3 is 5.69 Å². The number of amides is 1. The molecule has 0 fully saturated rings. The van der Waals surface area contributed by atoms with E-state index in [0.717, 1.165) is 11.0 Å². The molecule has 7 nitrogen and oxygen atoms in total. The van der Waals surface area contributed by atoms with Crippen LogP contribution in [0.4, 0.5) is 5.69 Å². The second kappa shape index (κ2) is 7.35. The molecule has 2 aromatic carbocycles. The Morgan fingerprint density at radius 3 is 2.35 bits per heavy atom. The molecule has 1 heterocycles. The minimum atomic E-state index is -0.322. The number of carbonyl (C=O) groups excluding carboxylic acids is 1. The summed E-state index contributed by atoms with van der Waals surface area (Å²) in [4.78, 5) is 25.2. The fourth-order valence-electron chi connectivity index (χ4n) is 2.98. The predicted molar refractivity (Wildman–Crippen MR) is 100 cm³/mol. The summed E-state index contributed by atoms with van der Waals surface area (Å²) in [5.74, 6) is 0.793. The predicted octanol–water partition coefficient (Wildman–Crippen LogP) is 2.48. The van der Waals surface area contributed by atoms with Gasteiger partial charge in [0.25, 0.3) is 0 Å². The van der Waals surface area contributed by atoms with Crippen molar-refractivity contribution in [2.24, 2.45) is 0 Å². The largest absolute Gasteiger partial charge is 0.497 e. The van der Waals surface area contributed by atoms with E-state index in [4.69, 9.17) is 9.47 Å². The normalized spacial score (nSPS) is 10.7. The fourth-order valence-corrected chi connectivity index (χ4v) is 2.98. The summed E-state index contributed by atoms with van der Waals surface area (Å²) in [5, 5.41) is 2.79. The molecule has 0 radical (unpaired) electrons. The van der Waals surface area contributed by atoms with Gasteiger partial charge in [-0.1, -0.05) is 12.1 Å². The number of anilines is 1. The van der Waals surface area contributed by atoms with Crippen molar-refractivity contribution in [1.29, 1.82) is 0 Å². The average Bonchev–Trinajstić information content (AvgIpc) is 2.92. The van der Waals surface area contributed by atoms with Crippen LogP contribution in [0.5, 0.6) is 11.5 Å². The Morgan fingerprint density at radius 1 is 1.04 bits per heavy atom. The molecule has 0 aliphatic rings. The highest BCUT2D eigenvalue weighted by Crippen LogP contribution is 2.28. The van der Waals surface area contributed by atoms with Gasteiger partial charge < -0.3 is 14.8 Å². The standard InChI is InChI=1S/C19H21N3O4/c1-4-21-15-7-5-6-8-16(15)22(19(21)24)12-18(23)20-14-11-13(25-2)9-10-17(14)26-3/h5-11H,4,12H2,1-3H3,(H,20,23). The van der Waals surface area contributed by atoms with Crippen molar-refractivity contribution >= 4 is 22.6 Å². The van der Waals surface area contributed by atoms with Crippen LogP contribution in [-0.2, 0) is 17.9 Å². The molecule has 1 N–H and O–H groups in total. The lowest BCUT2D eigenvalue weighted by atomic mass is 10.2. The molecule has 1 amide bonds. The van der Waals surface area contributed by atoms with E-state index in [2.05, 4.69) is 5.32 Å². The summed E-state index contributed by atoms with van der Waals surface area (Å²) in [6.45, 7) is 2.35. The maximum Gasteiger partial charge on any atom is 0.329 e. The first-order chi connectivity index (χ1) is 12.6. The first kappa shape index (κ1) is 17.6. The molecule has 0 saturated heterocycles. The number of aromatic nitrogens is 2. The number of nitrogens with one attached hydrogen (secondary N) is 1. The number of aryl methyl sites for hydroxylation is 1. The number of methoxy groups -OCH3 is 2. The molecular weight excluding hydrogens is 334 g/mol. The highest BCUT2D eigenvalue weighted by atomic mass is 16.5. The smallest absolute Gasteiger partial charge is 0.329 e. The molecule has 0 spiro atoms. The SMILES string of the molecule is CCn1c(=O)n(CC(=O)Nc2cc(OC)ccc2OC)c2ccccc21. The second-order valence-electron chi connectivity index (χ2n) is 5.72. The lowest BCUT2D eigenvalue weighted by Crippen LogP contribution is -2.29. The van der Waals surface area contributed by atoms with Crippen LogP contribution >= 0.6 is 0 Å². The van der Waals surface area contributed by atoms with Crippen molar-refractivity contribution in [2.75, 3.05) is 19.5 Å². The number of hydrogen-bond acceptors (Lipinski definition) is 4. The van der Waals surface area contributed by atoms with Crippen molar-refractivity contribution in [3.8, 4) is 11.5 Å². The van der Waals surface area contributed by atoms with Crippen molar-refractivity contribution in [3.05, 3.63) is 52.9 Å². The van der Waals surface area contributed by atoms with E-state index in [-0.39, 0.29) is 18.1 Å². The van der Waals surface area contributed by atoms with E-state index in [1.807, 2.05) is 31.2 Å². The first-order valence-corrected chi connectivity index (χ1v) is 8.29. The van der Waals surface area contributed by atoms with E-state index in [0.29, 0.717) is 23.7 Å². The summed E-state index contributed by atoms with van der Waals surface area (Å²) in [6, 6.07) is 12.6. The molecule has 1 aromatic heterocycles. The highest BCUT2D eigenvalue weighted by molar-refractivity contribution is 5.93. The van der Waals surface area contributed by atoms with Crippen LogP contribution in [0.3, 0.4) is 0 Å². The van der Waals surface area contributed by atoms with E-state index < -0.39 is 0 Å². The van der Waals surface area contributed by atoms with Gasteiger partial charge in [0, 0.05) is 12.6 Å². The molecule has 3 rings (SSSR count). The zero-order chi connectivity index (χ0) is 18.7. The minimum absolute atomic E-state index is 0.0906. The number of fused-ring (bicyclic) bond motifs is 1. The summed E-state index contributed by atoms with van der Waals surface area (Å²) in [7, 11) is 3.07. The van der Waals surface area contributed by atoms with Crippen LogP contribution in [0.2, 0.25) is 0 Å². The lowest BCUT2D eigenvalue weighted by molar-refractivity contribution is -0.116. The van der Waals surface area contributed by atoms with Crippen LogP contribution in [0.1, 0.15) is 6.92 Å². The average molecular weight is 355 g/mol. The molecule has 7 heteroatoms. The number of benzene rings is 2. The van der Waals surface area contributed by atoms with Crippen LogP contribution in [0.15, 0.2) is 47.3 Å². The molecule has 0 atom stereocenters. The third-order valence-corrected chi connectivity index (χ3v) is 4.22. The van der Waals surface area contributed by atoms with Crippen molar-refractivity contribution < 1.29 is 14.3 Å². The van der Waals surface area contributed by atoms with Crippen LogP contribution in [0, 0.1) is 0 Å². The van der Waals surface area contributed by atoms with Gasteiger partial charge in [0.2, 0.25) is 5.91 Å². The van der Waals surface area contributed by atoms with Gasteiger partial charge in [0.15, 0.2) is 0 Å². The Hall–Kier alpha value is -3.22. The number of para-hydroxylation sites is 2. The van der Waals surface area contributed by atoms with Gasteiger partial charge in [-0.3, -0.25) is 13.9 Å². The summed E-state index contributed by atoms with van der Waals surface area (Å²) in [6.07, 6.45) is 0. The second-order valence-corrected chi connectivity index (χ2v) is 5.72. The molecule has 0 aliphatic heterocycles. The highest BCUT2D eigenvalue weighted by Gasteiger charge is 2.15. The number of nitrogens with zero attached hydrogens (tertiary/aromatic N) is 2. The van der Waals surface area contributed by atoms with Crippen LogP contribution in [0.25, 0.3) is 11.0 Å². The summed E-state index contributed by atoms with van der Waals surface area (Å²) >= 11 is 0. The quantitative estimate of drug-likeness (QED) is 0.737. The van der Waals surface area contributed by atoms with Crippen molar-refractivity contribution in [1.82, 2.24) is 9.13 Å². The zero-order valence-electron chi connectivity index (χ0n) is 15.0. The monoisotopic (exact) mass is 355 g/mol. The number of hydrogen-bond donors (Lipinski definition) is 1. The molecule has 0 saturated carbocycles. The van der Waals surface area contributed by atoms with E-state index in [9.17, 15) is 9.59 Å². The third kappa shape index (κ3) is 3.15. The van der Waals surface area contributed by atoms with Crippen LogP contribution < -0.4 is 20.5 Å². The molecule has 3 aromatic rings. The molecule has 0 bridgehead atoms. The topological polar surface area (TPSA) is 74.5 Å². The Labute approximate surface area is 150 Å². The first-order valence-electron chi connectivity index (χ1n) is 8.29. The molecule has 26 heavy (non-hydrogen) atoms. The summed E-state index contributed by atoms with van der Waals surface area (Å²) in [5.41, 5.74) is 1.82. The van der Waals surface area contributed by atoms with Gasteiger partial charge in [-0.25, -0.2) is 4.79 Å². The third-order valence-electron chi connectivity index (χ3n) is 4.22. The number of rotatable bonds is 6. The number of ether oxygens (including phenoxy) is 2. The lowest BCUT2D eigenvalue weighted by Gasteiger charge is -2.12. The minimum Gasteiger partial charge on any atom is -0.497 e. The van der Waals surface area contributed by atoms with E-state index >= 15 is 0 Å². The van der Waals surface area contributed by atoms with Gasteiger partial charge in [-0.05, 0) is 31.2 Å². The van der Waals surface area contributed by atoms with Gasteiger partial charge in [-0.2, -0.15) is 0 Å². The Balaban J connectivity index is 1.91. The number of carbonyl (C=O) groups is 1. The zero-order valence-corrected chi connectivity index (χ0v) is 15.0. The molecule has 0 unspecified atom stereocenters. The molecule has 136 valence electrons. The van der Waals surface area contributed by atoms with Gasteiger partial charge in [-0.15, -0.1) is 0 Å². The maximum absolute atomic E-state index is 12.6. The molecule has 0 aliphatic carbocycles. The van der Waals surface area contributed by atoms with Gasteiger partial charge in [0.05, 0.1) is 30.9 Å². The summed E-state index contributed by atoms with van der Waals surface area (Å²) < 4.78 is 13.6. The van der Waals surface area contributed by atoms with E-state index in [1.165, 1.54) is 11.7 Å². The molecular formula is C19H21N3O4.